The second kappa shape index (κ2) is 5.87. The Morgan fingerprint density at radius 2 is 2.00 bits per heavy atom. The minimum absolute atomic E-state index is 0.0194. The lowest BCUT2D eigenvalue weighted by atomic mass is 9.73. The van der Waals surface area contributed by atoms with E-state index in [9.17, 15) is 4.79 Å². The molecule has 3 aliphatic rings. The van der Waals surface area contributed by atoms with Crippen LogP contribution in [0.5, 0.6) is 0 Å². The van der Waals surface area contributed by atoms with Crippen LogP contribution in [-0.2, 0) is 9.53 Å². The third-order valence-corrected chi connectivity index (χ3v) is 6.26. The van der Waals surface area contributed by atoms with Crippen LogP contribution in [0.4, 0.5) is 0 Å². The summed E-state index contributed by atoms with van der Waals surface area (Å²) < 4.78 is 5.54. The van der Waals surface area contributed by atoms with E-state index in [1.807, 2.05) is 24.3 Å². The second-order valence-corrected chi connectivity index (χ2v) is 7.15. The molecule has 1 amide bonds. The molecule has 2 atom stereocenters. The molecule has 0 unspecified atom stereocenters. The van der Waals surface area contributed by atoms with Crippen LogP contribution in [0, 0.1) is 0 Å². The van der Waals surface area contributed by atoms with Gasteiger partial charge in [0.25, 0.3) is 0 Å². The van der Waals surface area contributed by atoms with Crippen molar-refractivity contribution in [1.82, 2.24) is 14.8 Å². The SMILES string of the molecule is CN1C(=O)C[C@H](c2ccncc2)C12CCN([C@H]1CCOC1)CC2. The number of likely N-dealkylation sites (tertiary alicyclic amines) is 2. The van der Waals surface area contributed by atoms with Gasteiger partial charge in [-0.25, -0.2) is 0 Å². The summed E-state index contributed by atoms with van der Waals surface area (Å²) >= 11 is 0. The van der Waals surface area contributed by atoms with E-state index in [2.05, 4.69) is 22.0 Å². The fourth-order valence-electron chi connectivity index (χ4n) is 4.78. The molecule has 5 heteroatoms. The summed E-state index contributed by atoms with van der Waals surface area (Å²) in [7, 11) is 2.00. The van der Waals surface area contributed by atoms with Gasteiger partial charge in [0, 0.05) is 57.5 Å². The van der Waals surface area contributed by atoms with E-state index in [4.69, 9.17) is 4.74 Å². The molecular formula is C18H25N3O2. The zero-order chi connectivity index (χ0) is 15.9. The molecule has 0 N–H and O–H groups in total. The Bertz CT molecular complexity index is 563. The maximum absolute atomic E-state index is 12.4. The van der Waals surface area contributed by atoms with E-state index in [1.54, 1.807) is 0 Å². The smallest absolute Gasteiger partial charge is 0.223 e. The molecule has 5 nitrogen and oxygen atoms in total. The zero-order valence-electron chi connectivity index (χ0n) is 13.8. The molecule has 0 saturated carbocycles. The maximum Gasteiger partial charge on any atom is 0.223 e. The first kappa shape index (κ1) is 15.1. The van der Waals surface area contributed by atoms with Gasteiger partial charge in [-0.2, -0.15) is 0 Å². The summed E-state index contributed by atoms with van der Waals surface area (Å²) in [4.78, 5) is 21.2. The number of likely N-dealkylation sites (N-methyl/N-ethyl adjacent to an activating group) is 1. The Balaban J connectivity index is 1.56. The Morgan fingerprint density at radius 1 is 1.26 bits per heavy atom. The van der Waals surface area contributed by atoms with Crippen molar-refractivity contribution in [3.05, 3.63) is 30.1 Å². The molecule has 0 aliphatic carbocycles. The molecule has 3 saturated heterocycles. The third kappa shape index (κ3) is 2.46. The summed E-state index contributed by atoms with van der Waals surface area (Å²) in [6.07, 6.45) is 7.58. The Kier molecular flexibility index (Phi) is 3.85. The summed E-state index contributed by atoms with van der Waals surface area (Å²) in [5, 5.41) is 0. The Labute approximate surface area is 137 Å². The van der Waals surface area contributed by atoms with Gasteiger partial charge in [0.2, 0.25) is 5.91 Å². The van der Waals surface area contributed by atoms with Crippen LogP contribution in [0.15, 0.2) is 24.5 Å². The Morgan fingerprint density at radius 3 is 2.65 bits per heavy atom. The van der Waals surface area contributed by atoms with Crippen LogP contribution < -0.4 is 0 Å². The van der Waals surface area contributed by atoms with Crippen molar-refractivity contribution in [3.8, 4) is 0 Å². The molecular weight excluding hydrogens is 290 g/mol. The van der Waals surface area contributed by atoms with Gasteiger partial charge >= 0.3 is 0 Å². The fourth-order valence-corrected chi connectivity index (χ4v) is 4.78. The van der Waals surface area contributed by atoms with E-state index >= 15 is 0 Å². The second-order valence-electron chi connectivity index (χ2n) is 7.15. The molecule has 0 bridgehead atoms. The van der Waals surface area contributed by atoms with Crippen molar-refractivity contribution < 1.29 is 9.53 Å². The van der Waals surface area contributed by atoms with Crippen LogP contribution in [0.3, 0.4) is 0 Å². The first-order valence-electron chi connectivity index (χ1n) is 8.69. The van der Waals surface area contributed by atoms with E-state index in [1.165, 1.54) is 5.56 Å². The topological polar surface area (TPSA) is 45.7 Å². The van der Waals surface area contributed by atoms with Gasteiger partial charge < -0.3 is 9.64 Å². The summed E-state index contributed by atoms with van der Waals surface area (Å²) in [6.45, 7) is 3.89. The van der Waals surface area contributed by atoms with Crippen LogP contribution in [0.1, 0.15) is 37.2 Å². The molecule has 3 aliphatic heterocycles. The molecule has 0 aromatic carbocycles. The maximum atomic E-state index is 12.4. The molecule has 23 heavy (non-hydrogen) atoms. The monoisotopic (exact) mass is 315 g/mol. The number of pyridine rings is 1. The number of carbonyl (C=O) groups is 1. The number of hydrogen-bond donors (Lipinski definition) is 0. The fraction of sp³-hybridized carbons (Fsp3) is 0.667. The van der Waals surface area contributed by atoms with Crippen LogP contribution in [0.25, 0.3) is 0 Å². The molecule has 4 rings (SSSR count). The van der Waals surface area contributed by atoms with Crippen molar-refractivity contribution in [2.75, 3.05) is 33.4 Å². The molecule has 124 valence electrons. The minimum Gasteiger partial charge on any atom is -0.380 e. The normalized spacial score (nSPS) is 31.2. The van der Waals surface area contributed by atoms with Gasteiger partial charge in [-0.05, 0) is 37.0 Å². The first-order valence-corrected chi connectivity index (χ1v) is 8.69. The third-order valence-electron chi connectivity index (χ3n) is 6.26. The van der Waals surface area contributed by atoms with Crippen molar-refractivity contribution >= 4 is 5.91 Å². The van der Waals surface area contributed by atoms with Crippen molar-refractivity contribution in [1.29, 1.82) is 0 Å². The molecule has 0 radical (unpaired) electrons. The lowest BCUT2D eigenvalue weighted by Crippen LogP contribution is -2.55. The average molecular weight is 315 g/mol. The van der Waals surface area contributed by atoms with E-state index in [0.717, 1.165) is 45.6 Å². The molecule has 1 aromatic rings. The van der Waals surface area contributed by atoms with Gasteiger partial charge in [-0.15, -0.1) is 0 Å². The highest BCUT2D eigenvalue weighted by atomic mass is 16.5. The van der Waals surface area contributed by atoms with E-state index in [0.29, 0.717) is 18.4 Å². The van der Waals surface area contributed by atoms with Gasteiger partial charge in [0.1, 0.15) is 0 Å². The molecule has 4 heterocycles. The highest BCUT2D eigenvalue weighted by molar-refractivity contribution is 5.81. The highest BCUT2D eigenvalue weighted by Gasteiger charge is 2.53. The van der Waals surface area contributed by atoms with Crippen LogP contribution in [0.2, 0.25) is 0 Å². The highest BCUT2D eigenvalue weighted by Crippen LogP contribution is 2.48. The largest absolute Gasteiger partial charge is 0.380 e. The van der Waals surface area contributed by atoms with Gasteiger partial charge in [0.15, 0.2) is 0 Å². The molecule has 1 aromatic heterocycles. The van der Waals surface area contributed by atoms with E-state index in [-0.39, 0.29) is 11.4 Å². The molecule has 1 spiro atoms. The number of aromatic nitrogens is 1. The standard InChI is InChI=1S/C18H25N3O2/c1-20-17(22)12-16(14-2-7-19-8-3-14)18(20)5-9-21(10-6-18)15-4-11-23-13-15/h2-3,7-8,15-16H,4-6,9-13H2,1H3/t15-,16+/m0/s1. The number of nitrogens with zero attached hydrogens (tertiary/aromatic N) is 3. The van der Waals surface area contributed by atoms with Gasteiger partial charge in [-0.1, -0.05) is 0 Å². The first-order chi connectivity index (χ1) is 11.2. The number of piperidine rings is 1. The quantitative estimate of drug-likeness (QED) is 0.832. The van der Waals surface area contributed by atoms with Crippen LogP contribution >= 0.6 is 0 Å². The average Bonchev–Trinajstić information content (AvgIpc) is 3.21. The number of ether oxygens (including phenoxy) is 1. The van der Waals surface area contributed by atoms with Crippen molar-refractivity contribution in [3.63, 3.8) is 0 Å². The van der Waals surface area contributed by atoms with Gasteiger partial charge in [0.05, 0.1) is 12.1 Å². The summed E-state index contributed by atoms with van der Waals surface area (Å²) in [5.74, 6) is 0.578. The lowest BCUT2D eigenvalue weighted by Gasteiger charge is -2.48. The van der Waals surface area contributed by atoms with Crippen LogP contribution in [-0.4, -0.2) is 65.6 Å². The number of hydrogen-bond acceptors (Lipinski definition) is 4. The van der Waals surface area contributed by atoms with Gasteiger partial charge in [-0.3, -0.25) is 14.7 Å². The molecule has 3 fully saturated rings. The van der Waals surface area contributed by atoms with E-state index < -0.39 is 0 Å². The lowest BCUT2D eigenvalue weighted by molar-refractivity contribution is -0.130. The number of carbonyl (C=O) groups excluding carboxylic acids is 1. The predicted molar refractivity (Wildman–Crippen MR) is 87.1 cm³/mol. The number of amides is 1. The zero-order valence-corrected chi connectivity index (χ0v) is 13.8. The summed E-state index contributed by atoms with van der Waals surface area (Å²) in [6, 6.07) is 4.74. The van der Waals surface area contributed by atoms with Crippen molar-refractivity contribution in [2.45, 2.75) is 43.2 Å². The predicted octanol–water partition coefficient (Wildman–Crippen LogP) is 1.65. The summed E-state index contributed by atoms with van der Waals surface area (Å²) in [5.41, 5.74) is 1.24. The minimum atomic E-state index is -0.0194. The number of rotatable bonds is 2. The Hall–Kier alpha value is -1.46. The van der Waals surface area contributed by atoms with Crippen molar-refractivity contribution in [2.24, 2.45) is 0 Å².